The number of benzene rings is 1. The van der Waals surface area contributed by atoms with E-state index in [9.17, 15) is 5.11 Å². The first kappa shape index (κ1) is 14.0. The van der Waals surface area contributed by atoms with Crippen molar-refractivity contribution < 1.29 is 9.84 Å². The summed E-state index contributed by atoms with van der Waals surface area (Å²) in [4.78, 5) is 2.17. The van der Waals surface area contributed by atoms with Gasteiger partial charge in [0.1, 0.15) is 0 Å². The lowest BCUT2D eigenvalue weighted by Crippen LogP contribution is -2.21. The highest BCUT2D eigenvalue weighted by molar-refractivity contribution is 5.54. The van der Waals surface area contributed by atoms with Gasteiger partial charge in [0.05, 0.1) is 6.10 Å². The summed E-state index contributed by atoms with van der Waals surface area (Å²) in [6.07, 6.45) is 1.35. The number of para-hydroxylation sites is 1. The molecule has 0 heterocycles. The van der Waals surface area contributed by atoms with Crippen molar-refractivity contribution in [1.29, 1.82) is 0 Å². The van der Waals surface area contributed by atoms with Gasteiger partial charge in [-0.25, -0.2) is 0 Å². The van der Waals surface area contributed by atoms with E-state index in [4.69, 9.17) is 4.74 Å². The minimum Gasteiger partial charge on any atom is -0.388 e. The number of hydrogen-bond acceptors (Lipinski definition) is 3. The summed E-state index contributed by atoms with van der Waals surface area (Å²) in [6.45, 7) is 3.69. The monoisotopic (exact) mass is 237 g/mol. The Balaban J connectivity index is 2.74. The maximum atomic E-state index is 9.98. The van der Waals surface area contributed by atoms with Gasteiger partial charge in [-0.05, 0) is 18.9 Å². The van der Waals surface area contributed by atoms with Crippen molar-refractivity contribution in [1.82, 2.24) is 0 Å². The van der Waals surface area contributed by atoms with E-state index in [1.165, 1.54) is 0 Å². The molecule has 0 saturated carbocycles. The molecule has 1 N–H and O–H groups in total. The second kappa shape index (κ2) is 7.30. The Morgan fingerprint density at radius 2 is 2.06 bits per heavy atom. The van der Waals surface area contributed by atoms with Crippen LogP contribution in [0.4, 0.5) is 5.69 Å². The summed E-state index contributed by atoms with van der Waals surface area (Å²) in [7, 11) is 3.77. The summed E-state index contributed by atoms with van der Waals surface area (Å²) >= 11 is 0. The van der Waals surface area contributed by atoms with Crippen molar-refractivity contribution in [2.24, 2.45) is 0 Å². The number of ether oxygens (including phenoxy) is 1. The maximum Gasteiger partial charge on any atom is 0.0807 e. The van der Waals surface area contributed by atoms with Gasteiger partial charge < -0.3 is 14.7 Å². The lowest BCUT2D eigenvalue weighted by Gasteiger charge is -2.24. The van der Waals surface area contributed by atoms with Crippen molar-refractivity contribution >= 4 is 5.69 Å². The molecule has 17 heavy (non-hydrogen) atoms. The highest BCUT2D eigenvalue weighted by atomic mass is 16.5. The number of rotatable bonds is 7. The zero-order valence-corrected chi connectivity index (χ0v) is 11.0. The molecule has 3 heteroatoms. The third-order valence-corrected chi connectivity index (χ3v) is 2.94. The molecule has 0 bridgehead atoms. The second-order valence-corrected chi connectivity index (χ2v) is 4.25. The smallest absolute Gasteiger partial charge is 0.0807 e. The Morgan fingerprint density at radius 1 is 1.35 bits per heavy atom. The van der Waals surface area contributed by atoms with Crippen molar-refractivity contribution in [3.8, 4) is 0 Å². The molecule has 0 amide bonds. The number of anilines is 1. The number of hydrogen-bond donors (Lipinski definition) is 1. The summed E-state index contributed by atoms with van der Waals surface area (Å²) in [5.41, 5.74) is 2.12. The van der Waals surface area contributed by atoms with Crippen LogP contribution in [-0.2, 0) is 4.74 Å². The van der Waals surface area contributed by atoms with Gasteiger partial charge in [0.15, 0.2) is 0 Å². The largest absolute Gasteiger partial charge is 0.388 e. The number of aliphatic hydroxyl groups is 1. The lowest BCUT2D eigenvalue weighted by atomic mass is 10.0. The molecule has 1 aromatic rings. The molecule has 3 nitrogen and oxygen atoms in total. The molecule has 0 spiro atoms. The van der Waals surface area contributed by atoms with Crippen LogP contribution < -0.4 is 4.90 Å². The second-order valence-electron chi connectivity index (χ2n) is 4.25. The van der Waals surface area contributed by atoms with E-state index < -0.39 is 0 Å². The van der Waals surface area contributed by atoms with Crippen molar-refractivity contribution in [2.75, 3.05) is 32.2 Å². The predicted molar refractivity (Wildman–Crippen MR) is 71.5 cm³/mol. The van der Waals surface area contributed by atoms with Crippen LogP contribution in [0.1, 0.15) is 31.4 Å². The Labute approximate surface area is 104 Å². The molecular formula is C14H23NO2. The first-order chi connectivity index (χ1) is 8.20. The van der Waals surface area contributed by atoms with Crippen LogP contribution >= 0.6 is 0 Å². The third-order valence-electron chi connectivity index (χ3n) is 2.94. The van der Waals surface area contributed by atoms with E-state index in [2.05, 4.69) is 18.0 Å². The van der Waals surface area contributed by atoms with Crippen LogP contribution in [0, 0.1) is 0 Å². The lowest BCUT2D eigenvalue weighted by molar-refractivity contribution is 0.174. The summed E-state index contributed by atoms with van der Waals surface area (Å²) in [5, 5.41) is 9.98. The van der Waals surface area contributed by atoms with Gasteiger partial charge in [-0.3, -0.25) is 0 Å². The maximum absolute atomic E-state index is 9.98. The third kappa shape index (κ3) is 4.02. The fraction of sp³-hybridized carbons (Fsp3) is 0.571. The van der Waals surface area contributed by atoms with Crippen LogP contribution in [0.25, 0.3) is 0 Å². The molecule has 1 aromatic carbocycles. The van der Waals surface area contributed by atoms with Gasteiger partial charge in [-0.2, -0.15) is 0 Å². The highest BCUT2D eigenvalue weighted by Crippen LogP contribution is 2.27. The topological polar surface area (TPSA) is 32.7 Å². The number of nitrogens with zero attached hydrogens (tertiary/aromatic N) is 1. The van der Waals surface area contributed by atoms with Crippen molar-refractivity contribution in [2.45, 2.75) is 25.9 Å². The van der Waals surface area contributed by atoms with Gasteiger partial charge in [0.2, 0.25) is 0 Å². The van der Waals surface area contributed by atoms with Crippen molar-refractivity contribution in [3.63, 3.8) is 0 Å². The first-order valence-electron chi connectivity index (χ1n) is 6.17. The Hall–Kier alpha value is -1.06. The molecule has 1 atom stereocenters. The fourth-order valence-corrected chi connectivity index (χ4v) is 1.90. The summed E-state index contributed by atoms with van der Waals surface area (Å²) < 4.78 is 5.05. The predicted octanol–water partition coefficient (Wildman–Crippen LogP) is 2.60. The molecule has 0 fully saturated rings. The quantitative estimate of drug-likeness (QED) is 0.740. The highest BCUT2D eigenvalue weighted by Gasteiger charge is 2.12. The molecule has 0 aliphatic rings. The average Bonchev–Trinajstić information content (AvgIpc) is 2.38. The molecule has 0 aliphatic carbocycles. The van der Waals surface area contributed by atoms with E-state index in [0.717, 1.165) is 37.2 Å². The standard InChI is InChI=1S/C14H23NO2/c1-4-14(16)12-8-5-6-9-13(12)15(2)10-7-11-17-3/h5-6,8-9,14,16H,4,7,10-11H2,1-3H3/t14-/m0/s1. The zero-order valence-electron chi connectivity index (χ0n) is 11.0. The van der Waals surface area contributed by atoms with Crippen LogP contribution in [0.3, 0.4) is 0 Å². The van der Waals surface area contributed by atoms with Gasteiger partial charge in [0.25, 0.3) is 0 Å². The van der Waals surface area contributed by atoms with E-state index in [0.29, 0.717) is 0 Å². The molecule has 96 valence electrons. The van der Waals surface area contributed by atoms with Crippen LogP contribution in [-0.4, -0.2) is 32.4 Å². The van der Waals surface area contributed by atoms with E-state index in [1.807, 2.05) is 25.1 Å². The van der Waals surface area contributed by atoms with E-state index >= 15 is 0 Å². The zero-order chi connectivity index (χ0) is 12.7. The van der Waals surface area contributed by atoms with Crippen molar-refractivity contribution in [3.05, 3.63) is 29.8 Å². The first-order valence-corrected chi connectivity index (χ1v) is 6.17. The summed E-state index contributed by atoms with van der Waals surface area (Å²) in [6, 6.07) is 8.03. The molecule has 1 rings (SSSR count). The van der Waals surface area contributed by atoms with Gasteiger partial charge in [-0.15, -0.1) is 0 Å². The fourth-order valence-electron chi connectivity index (χ4n) is 1.90. The molecule has 0 aliphatic heterocycles. The van der Waals surface area contributed by atoms with Gasteiger partial charge in [-0.1, -0.05) is 25.1 Å². The number of aliphatic hydroxyl groups excluding tert-OH is 1. The molecule has 0 radical (unpaired) electrons. The Kier molecular flexibility index (Phi) is 6.01. The Bertz CT molecular complexity index is 328. The van der Waals surface area contributed by atoms with E-state index in [1.54, 1.807) is 7.11 Å². The van der Waals surface area contributed by atoms with Crippen LogP contribution in [0.5, 0.6) is 0 Å². The average molecular weight is 237 g/mol. The van der Waals surface area contributed by atoms with Crippen LogP contribution in [0.2, 0.25) is 0 Å². The minimum absolute atomic E-state index is 0.379. The molecular weight excluding hydrogens is 214 g/mol. The summed E-state index contributed by atoms with van der Waals surface area (Å²) in [5.74, 6) is 0. The molecule has 0 aromatic heterocycles. The SMILES string of the molecule is CC[C@H](O)c1ccccc1N(C)CCCOC. The van der Waals surface area contributed by atoms with E-state index in [-0.39, 0.29) is 6.10 Å². The normalized spacial score (nSPS) is 12.5. The van der Waals surface area contributed by atoms with Crippen LogP contribution in [0.15, 0.2) is 24.3 Å². The molecule has 0 unspecified atom stereocenters. The minimum atomic E-state index is -0.379. The molecule has 0 saturated heterocycles. The Morgan fingerprint density at radius 3 is 2.71 bits per heavy atom. The number of methoxy groups -OCH3 is 1. The van der Waals surface area contributed by atoms with Gasteiger partial charge in [0, 0.05) is 38.6 Å². The van der Waals surface area contributed by atoms with Gasteiger partial charge >= 0.3 is 0 Å².